The summed E-state index contributed by atoms with van der Waals surface area (Å²) in [7, 11) is -3.69. The normalized spacial score (nSPS) is 11.0. The Morgan fingerprint density at radius 2 is 1.05 bits per heavy atom. The molecule has 0 fully saturated rings. The molecule has 0 radical (unpaired) electrons. The van der Waals surface area contributed by atoms with E-state index in [4.69, 9.17) is 4.89 Å². The highest BCUT2D eigenvalue weighted by molar-refractivity contribution is 7.47. The number of phosphoric ester groups is 1. The Morgan fingerprint density at radius 1 is 0.737 bits per heavy atom. The topological polar surface area (TPSA) is 55.8 Å². The summed E-state index contributed by atoms with van der Waals surface area (Å²) in [4.78, 5) is 8.63. The van der Waals surface area contributed by atoms with Gasteiger partial charge in [-0.25, -0.2) is 4.57 Å². The third-order valence-electron chi connectivity index (χ3n) is 2.54. The first-order valence-electron chi connectivity index (χ1n) is 7.65. The third kappa shape index (κ3) is 20.6. The van der Waals surface area contributed by atoms with Crippen molar-refractivity contribution in [2.24, 2.45) is 0 Å². The lowest BCUT2D eigenvalue weighted by molar-refractivity contribution is 0.161. The first-order chi connectivity index (χ1) is 9.04. The summed E-state index contributed by atoms with van der Waals surface area (Å²) in [5, 5.41) is 0. The first kappa shape index (κ1) is 21.4. The van der Waals surface area contributed by atoms with E-state index in [0.717, 1.165) is 0 Å². The van der Waals surface area contributed by atoms with Crippen molar-refractivity contribution in [3.05, 3.63) is 0 Å². The van der Waals surface area contributed by atoms with Gasteiger partial charge in [0, 0.05) is 0 Å². The van der Waals surface area contributed by atoms with Gasteiger partial charge in [-0.2, -0.15) is 0 Å². The Kier molecular flexibility index (Phi) is 18.2. The van der Waals surface area contributed by atoms with E-state index in [0.29, 0.717) is 0 Å². The van der Waals surface area contributed by atoms with Crippen LogP contribution in [0.15, 0.2) is 0 Å². The maximum atomic E-state index is 10.5. The number of hydrogen-bond acceptors (Lipinski definition) is 3. The fourth-order valence-electron chi connectivity index (χ4n) is 1.57. The zero-order chi connectivity index (χ0) is 15.0. The van der Waals surface area contributed by atoms with Crippen LogP contribution in [-0.2, 0) is 13.6 Å². The highest BCUT2D eigenvalue weighted by atomic mass is 31.2. The van der Waals surface area contributed by atoms with Crippen molar-refractivity contribution >= 4 is 7.82 Å². The summed E-state index contributed by atoms with van der Waals surface area (Å²) in [6.45, 7) is 8.17. The molecule has 0 aliphatic heterocycles. The van der Waals surface area contributed by atoms with Gasteiger partial charge in [0.05, 0.1) is 13.2 Å². The maximum absolute atomic E-state index is 10.5. The van der Waals surface area contributed by atoms with Crippen molar-refractivity contribution in [1.29, 1.82) is 0 Å². The van der Waals surface area contributed by atoms with Crippen LogP contribution in [-0.4, -0.2) is 18.1 Å². The molecule has 0 saturated heterocycles. The molecule has 0 saturated carbocycles. The SMILES string of the molecule is CCCCCCCCCC.CCOP(=O)(O)OCC. The summed E-state index contributed by atoms with van der Waals surface area (Å²) in [5.41, 5.74) is 0. The summed E-state index contributed by atoms with van der Waals surface area (Å²) in [6.07, 6.45) is 11.5. The predicted octanol–water partition coefficient (Wildman–Crippen LogP) is 5.31. The lowest BCUT2D eigenvalue weighted by Crippen LogP contribution is -1.93. The van der Waals surface area contributed by atoms with Crippen LogP contribution in [0.1, 0.15) is 79.1 Å². The van der Waals surface area contributed by atoms with Crippen LogP contribution in [0.5, 0.6) is 0 Å². The molecule has 0 aliphatic carbocycles. The molecule has 0 atom stereocenters. The van der Waals surface area contributed by atoms with Crippen LogP contribution >= 0.6 is 7.82 Å². The largest absolute Gasteiger partial charge is 0.472 e. The maximum Gasteiger partial charge on any atom is 0.472 e. The van der Waals surface area contributed by atoms with Crippen molar-refractivity contribution in [3.8, 4) is 0 Å². The first-order valence-corrected chi connectivity index (χ1v) is 9.15. The summed E-state index contributed by atoms with van der Waals surface area (Å²) >= 11 is 0. The van der Waals surface area contributed by atoms with Crippen LogP contribution in [0.3, 0.4) is 0 Å². The zero-order valence-electron chi connectivity index (χ0n) is 13.2. The van der Waals surface area contributed by atoms with E-state index < -0.39 is 7.82 Å². The molecule has 0 spiro atoms. The molecule has 0 aliphatic rings. The quantitative estimate of drug-likeness (QED) is 0.415. The van der Waals surface area contributed by atoms with Gasteiger partial charge in [0.25, 0.3) is 0 Å². The number of rotatable bonds is 11. The molecule has 1 N–H and O–H groups in total. The number of unbranched alkanes of at least 4 members (excludes halogenated alkanes) is 7. The van der Waals surface area contributed by atoms with E-state index in [2.05, 4.69) is 22.9 Å². The highest BCUT2D eigenvalue weighted by Crippen LogP contribution is 2.42. The summed E-state index contributed by atoms with van der Waals surface area (Å²) in [5.74, 6) is 0. The summed E-state index contributed by atoms with van der Waals surface area (Å²) in [6, 6.07) is 0. The Labute approximate surface area is 119 Å². The fourth-order valence-corrected chi connectivity index (χ4v) is 2.30. The van der Waals surface area contributed by atoms with Crippen molar-refractivity contribution < 1.29 is 18.5 Å². The van der Waals surface area contributed by atoms with Crippen molar-refractivity contribution in [2.75, 3.05) is 13.2 Å². The van der Waals surface area contributed by atoms with Crippen LogP contribution in [0.4, 0.5) is 0 Å². The Morgan fingerprint density at radius 3 is 1.32 bits per heavy atom. The molecule has 0 heterocycles. The molecule has 0 aromatic carbocycles. The minimum Gasteiger partial charge on any atom is -0.302 e. The van der Waals surface area contributed by atoms with E-state index in [9.17, 15) is 4.57 Å². The van der Waals surface area contributed by atoms with Gasteiger partial charge in [-0.1, -0.05) is 65.2 Å². The average Bonchev–Trinajstić information content (AvgIpc) is 2.34. The van der Waals surface area contributed by atoms with Crippen molar-refractivity contribution in [1.82, 2.24) is 0 Å². The van der Waals surface area contributed by atoms with E-state index in [1.807, 2.05) is 0 Å². The average molecular weight is 296 g/mol. The van der Waals surface area contributed by atoms with Gasteiger partial charge in [-0.3, -0.25) is 9.05 Å². The minimum atomic E-state index is -3.69. The van der Waals surface area contributed by atoms with E-state index >= 15 is 0 Å². The van der Waals surface area contributed by atoms with Gasteiger partial charge < -0.3 is 4.89 Å². The predicted molar refractivity (Wildman–Crippen MR) is 81.4 cm³/mol. The zero-order valence-corrected chi connectivity index (χ0v) is 14.1. The monoisotopic (exact) mass is 296 g/mol. The Bertz CT molecular complexity index is 192. The molecule has 0 rings (SSSR count). The molecule has 5 heteroatoms. The van der Waals surface area contributed by atoms with E-state index in [1.54, 1.807) is 13.8 Å². The molecule has 4 nitrogen and oxygen atoms in total. The molecule has 0 aromatic rings. The Balaban J connectivity index is 0. The van der Waals surface area contributed by atoms with Crippen molar-refractivity contribution in [2.45, 2.75) is 79.1 Å². The van der Waals surface area contributed by atoms with E-state index in [-0.39, 0.29) is 13.2 Å². The van der Waals surface area contributed by atoms with Crippen LogP contribution in [0.2, 0.25) is 0 Å². The highest BCUT2D eigenvalue weighted by Gasteiger charge is 2.17. The van der Waals surface area contributed by atoms with Crippen LogP contribution in [0.25, 0.3) is 0 Å². The lowest BCUT2D eigenvalue weighted by Gasteiger charge is -2.07. The van der Waals surface area contributed by atoms with Gasteiger partial charge in [-0.15, -0.1) is 0 Å². The van der Waals surface area contributed by atoms with Crippen molar-refractivity contribution in [3.63, 3.8) is 0 Å². The molecule has 0 amide bonds. The molecule has 0 bridgehead atoms. The van der Waals surface area contributed by atoms with Gasteiger partial charge in [0.2, 0.25) is 0 Å². The minimum absolute atomic E-state index is 0.188. The smallest absolute Gasteiger partial charge is 0.302 e. The lowest BCUT2D eigenvalue weighted by atomic mass is 10.1. The second kappa shape index (κ2) is 16.2. The second-order valence-corrected chi connectivity index (χ2v) is 5.88. The molecular weight excluding hydrogens is 263 g/mol. The van der Waals surface area contributed by atoms with Crippen LogP contribution < -0.4 is 0 Å². The standard InChI is InChI=1S/C10H22.C4H11O4P/c1-3-5-7-9-10-8-6-4-2;1-3-7-9(5,6)8-4-2/h3-10H2,1-2H3;3-4H2,1-2H3,(H,5,6). The Hall–Kier alpha value is 0.110. The molecule has 0 aromatic heterocycles. The molecular formula is C14H33O4P. The van der Waals surface area contributed by atoms with E-state index in [1.165, 1.54) is 51.4 Å². The third-order valence-corrected chi connectivity index (χ3v) is 3.71. The van der Waals surface area contributed by atoms with Gasteiger partial charge >= 0.3 is 7.82 Å². The second-order valence-electron chi connectivity index (χ2n) is 4.43. The van der Waals surface area contributed by atoms with Gasteiger partial charge in [0.15, 0.2) is 0 Å². The summed E-state index contributed by atoms with van der Waals surface area (Å²) < 4.78 is 19.2. The number of hydrogen-bond donors (Lipinski definition) is 1. The van der Waals surface area contributed by atoms with Crippen LogP contribution in [0, 0.1) is 0 Å². The van der Waals surface area contributed by atoms with Gasteiger partial charge in [0.1, 0.15) is 0 Å². The molecule has 0 unspecified atom stereocenters. The number of phosphoric acid groups is 1. The molecule has 19 heavy (non-hydrogen) atoms. The van der Waals surface area contributed by atoms with Gasteiger partial charge in [-0.05, 0) is 13.8 Å². The molecule has 118 valence electrons. The fraction of sp³-hybridized carbons (Fsp3) is 1.00.